The van der Waals surface area contributed by atoms with E-state index in [1.165, 1.54) is 11.3 Å². The van der Waals surface area contributed by atoms with Crippen molar-refractivity contribution in [2.75, 3.05) is 13.7 Å². The number of hydrogen-bond donors (Lipinski definition) is 2. The van der Waals surface area contributed by atoms with E-state index in [9.17, 15) is 4.79 Å². The summed E-state index contributed by atoms with van der Waals surface area (Å²) in [5, 5.41) is 3.10. The molecule has 2 rings (SSSR count). The van der Waals surface area contributed by atoms with Crippen LogP contribution in [0.25, 0.3) is 0 Å². The topological polar surface area (TPSA) is 64.3 Å². The number of methoxy groups -OCH3 is 1. The molecule has 4 nitrogen and oxygen atoms in total. The van der Waals surface area contributed by atoms with Crippen LogP contribution in [0.2, 0.25) is 0 Å². The number of amides is 1. The van der Waals surface area contributed by atoms with Crippen molar-refractivity contribution in [3.8, 4) is 5.75 Å². The van der Waals surface area contributed by atoms with Gasteiger partial charge in [0.25, 0.3) is 5.91 Å². The second-order valence-corrected chi connectivity index (χ2v) is 6.86. The lowest BCUT2D eigenvalue weighted by atomic mass is 10.0. The van der Waals surface area contributed by atoms with Crippen LogP contribution in [0.5, 0.6) is 5.75 Å². The Morgan fingerprint density at radius 1 is 1.58 bits per heavy atom. The molecule has 2 atom stereocenters. The van der Waals surface area contributed by atoms with Gasteiger partial charge in [-0.1, -0.05) is 6.42 Å². The molecule has 6 heteroatoms. The molecular formula is C13H19BrN2O2S. The number of carbonyl (C=O) groups excluding carboxylic acids is 1. The van der Waals surface area contributed by atoms with Crippen molar-refractivity contribution in [1.82, 2.24) is 5.32 Å². The maximum Gasteiger partial charge on any atom is 0.265 e. The molecule has 0 radical (unpaired) electrons. The van der Waals surface area contributed by atoms with Gasteiger partial charge in [0.15, 0.2) is 5.75 Å². The lowest BCUT2D eigenvalue weighted by molar-refractivity contribution is 0.0930. The maximum atomic E-state index is 12.4. The van der Waals surface area contributed by atoms with Gasteiger partial charge in [-0.15, -0.1) is 11.3 Å². The second-order valence-electron chi connectivity index (χ2n) is 4.84. The van der Waals surface area contributed by atoms with E-state index in [2.05, 4.69) is 21.2 Å². The van der Waals surface area contributed by atoms with Gasteiger partial charge in [-0.3, -0.25) is 4.79 Å². The molecule has 19 heavy (non-hydrogen) atoms. The van der Waals surface area contributed by atoms with Gasteiger partial charge in [0, 0.05) is 10.9 Å². The van der Waals surface area contributed by atoms with E-state index < -0.39 is 0 Å². The minimum atomic E-state index is -0.0546. The summed E-state index contributed by atoms with van der Waals surface area (Å²) >= 11 is 4.90. The molecule has 1 aromatic heterocycles. The first-order valence-corrected chi connectivity index (χ1v) is 8.03. The van der Waals surface area contributed by atoms with Crippen LogP contribution in [0.1, 0.15) is 33.8 Å². The van der Waals surface area contributed by atoms with Crippen LogP contribution in [-0.2, 0) is 0 Å². The molecule has 1 aromatic rings. The fourth-order valence-electron chi connectivity index (χ4n) is 2.58. The molecule has 2 unspecified atom stereocenters. The highest BCUT2D eigenvalue weighted by molar-refractivity contribution is 9.10. The summed E-state index contributed by atoms with van der Waals surface area (Å²) in [4.78, 5) is 14.0. The van der Waals surface area contributed by atoms with Gasteiger partial charge in [0.1, 0.15) is 4.88 Å². The number of ether oxygens (including phenoxy) is 1. The number of nitrogens with two attached hydrogens (primary N) is 1. The first kappa shape index (κ1) is 14.8. The van der Waals surface area contributed by atoms with E-state index in [0.29, 0.717) is 23.1 Å². The highest BCUT2D eigenvalue weighted by Gasteiger charge is 2.29. The Hall–Kier alpha value is -0.590. The fraction of sp³-hybridized carbons (Fsp3) is 0.615. The fourth-order valence-corrected chi connectivity index (χ4v) is 4.23. The molecule has 0 aliphatic heterocycles. The summed E-state index contributed by atoms with van der Waals surface area (Å²) in [7, 11) is 1.58. The predicted octanol–water partition coefficient (Wildman–Crippen LogP) is 2.68. The van der Waals surface area contributed by atoms with Crippen LogP contribution in [0.3, 0.4) is 0 Å². The summed E-state index contributed by atoms with van der Waals surface area (Å²) in [5.74, 6) is 0.975. The summed E-state index contributed by atoms with van der Waals surface area (Å²) < 4.78 is 6.18. The predicted molar refractivity (Wildman–Crippen MR) is 81.0 cm³/mol. The van der Waals surface area contributed by atoms with Gasteiger partial charge in [0.2, 0.25) is 0 Å². The standard InChI is InChI=1S/C13H19BrN2O2S/c1-7-10(14)11(18-2)12(19-7)13(17)16-9-5-3-4-8(9)6-15/h8-9H,3-6,15H2,1-2H3,(H,16,17). The largest absolute Gasteiger partial charge is 0.494 e. The van der Waals surface area contributed by atoms with E-state index in [0.717, 1.165) is 28.6 Å². The zero-order valence-electron chi connectivity index (χ0n) is 11.2. The maximum absolute atomic E-state index is 12.4. The molecule has 1 heterocycles. The minimum Gasteiger partial charge on any atom is -0.494 e. The quantitative estimate of drug-likeness (QED) is 0.880. The number of aryl methyl sites for hydroxylation is 1. The van der Waals surface area contributed by atoms with Gasteiger partial charge >= 0.3 is 0 Å². The summed E-state index contributed by atoms with van der Waals surface area (Å²) in [6, 6.07) is 0.198. The van der Waals surface area contributed by atoms with Gasteiger partial charge in [-0.25, -0.2) is 0 Å². The third-order valence-electron chi connectivity index (χ3n) is 3.66. The number of thiophene rings is 1. The summed E-state index contributed by atoms with van der Waals surface area (Å²) in [6.07, 6.45) is 3.25. The van der Waals surface area contributed by atoms with E-state index in [4.69, 9.17) is 10.5 Å². The average molecular weight is 347 g/mol. The molecule has 1 aliphatic carbocycles. The molecule has 106 valence electrons. The van der Waals surface area contributed by atoms with Crippen molar-refractivity contribution in [2.24, 2.45) is 11.7 Å². The molecular weight excluding hydrogens is 328 g/mol. The van der Waals surface area contributed by atoms with Gasteiger partial charge in [-0.05, 0) is 48.2 Å². The first-order valence-electron chi connectivity index (χ1n) is 6.42. The van der Waals surface area contributed by atoms with Crippen molar-refractivity contribution in [3.63, 3.8) is 0 Å². The number of hydrogen-bond acceptors (Lipinski definition) is 4. The first-order chi connectivity index (χ1) is 9.08. The van der Waals surface area contributed by atoms with Crippen LogP contribution in [-0.4, -0.2) is 25.6 Å². The Kier molecular flexibility index (Phi) is 4.86. The molecule has 1 aliphatic rings. The van der Waals surface area contributed by atoms with Crippen molar-refractivity contribution >= 4 is 33.2 Å². The highest BCUT2D eigenvalue weighted by Crippen LogP contribution is 2.39. The number of carbonyl (C=O) groups is 1. The Labute approximate surface area is 125 Å². The SMILES string of the molecule is COc1c(C(=O)NC2CCCC2CN)sc(C)c1Br. The highest BCUT2D eigenvalue weighted by atomic mass is 79.9. The second kappa shape index (κ2) is 6.24. The van der Waals surface area contributed by atoms with Gasteiger partial charge in [-0.2, -0.15) is 0 Å². The van der Waals surface area contributed by atoms with Crippen LogP contribution >= 0.6 is 27.3 Å². The number of nitrogens with one attached hydrogen (secondary N) is 1. The monoisotopic (exact) mass is 346 g/mol. The average Bonchev–Trinajstić information content (AvgIpc) is 2.95. The molecule has 1 saturated carbocycles. The summed E-state index contributed by atoms with van der Waals surface area (Å²) in [6.45, 7) is 2.60. The van der Waals surface area contributed by atoms with Crippen LogP contribution in [0.15, 0.2) is 4.47 Å². The number of rotatable bonds is 4. The van der Waals surface area contributed by atoms with Crippen LogP contribution < -0.4 is 15.8 Å². The van der Waals surface area contributed by atoms with Crippen molar-refractivity contribution in [2.45, 2.75) is 32.2 Å². The normalized spacial score (nSPS) is 22.5. The van der Waals surface area contributed by atoms with E-state index in [1.54, 1.807) is 7.11 Å². The van der Waals surface area contributed by atoms with E-state index in [1.807, 2.05) is 6.92 Å². The molecule has 3 N–H and O–H groups in total. The van der Waals surface area contributed by atoms with Crippen molar-refractivity contribution < 1.29 is 9.53 Å². The zero-order valence-corrected chi connectivity index (χ0v) is 13.6. The van der Waals surface area contributed by atoms with Crippen molar-refractivity contribution in [3.05, 3.63) is 14.2 Å². The van der Waals surface area contributed by atoms with E-state index in [-0.39, 0.29) is 11.9 Å². The Balaban J connectivity index is 2.14. The lowest BCUT2D eigenvalue weighted by Gasteiger charge is -2.19. The Morgan fingerprint density at radius 3 is 2.95 bits per heavy atom. The smallest absolute Gasteiger partial charge is 0.265 e. The van der Waals surface area contributed by atoms with Crippen molar-refractivity contribution in [1.29, 1.82) is 0 Å². The molecule has 0 spiro atoms. The lowest BCUT2D eigenvalue weighted by Crippen LogP contribution is -2.39. The van der Waals surface area contributed by atoms with Crippen LogP contribution in [0.4, 0.5) is 0 Å². The third kappa shape index (κ3) is 2.95. The van der Waals surface area contributed by atoms with Gasteiger partial charge < -0.3 is 15.8 Å². The van der Waals surface area contributed by atoms with Gasteiger partial charge in [0.05, 0.1) is 11.6 Å². The third-order valence-corrected chi connectivity index (χ3v) is 5.96. The zero-order chi connectivity index (χ0) is 14.0. The summed E-state index contributed by atoms with van der Waals surface area (Å²) in [5.41, 5.74) is 5.74. The molecule has 0 aromatic carbocycles. The number of halogens is 1. The molecule has 0 saturated heterocycles. The molecule has 1 amide bonds. The Morgan fingerprint density at radius 2 is 2.32 bits per heavy atom. The molecule has 0 bridgehead atoms. The van der Waals surface area contributed by atoms with Crippen LogP contribution in [0, 0.1) is 12.8 Å². The minimum absolute atomic E-state index is 0.0546. The van der Waals surface area contributed by atoms with E-state index >= 15 is 0 Å². The Bertz CT molecular complexity index is 475. The molecule has 1 fully saturated rings.